The summed E-state index contributed by atoms with van der Waals surface area (Å²) in [6, 6.07) is 13.6. The summed E-state index contributed by atoms with van der Waals surface area (Å²) in [5.74, 6) is -0.327. The van der Waals surface area contributed by atoms with Crippen molar-refractivity contribution in [1.82, 2.24) is 9.79 Å². The predicted octanol–water partition coefficient (Wildman–Crippen LogP) is 2.99. The second-order valence-electron chi connectivity index (χ2n) is 5.83. The fourth-order valence-corrected chi connectivity index (χ4v) is 3.66. The van der Waals surface area contributed by atoms with Crippen LogP contribution < -0.4 is 5.32 Å². The molecule has 26 heavy (non-hydrogen) atoms. The third-order valence-corrected chi connectivity index (χ3v) is 6.03. The van der Waals surface area contributed by atoms with Crippen LogP contribution in [0.25, 0.3) is 0 Å². The lowest BCUT2D eigenvalue weighted by Crippen LogP contribution is -2.34. The van der Waals surface area contributed by atoms with Crippen LogP contribution in [0.4, 0.5) is 0 Å². The van der Waals surface area contributed by atoms with Gasteiger partial charge in [-0.25, -0.2) is 8.42 Å². The van der Waals surface area contributed by atoms with Gasteiger partial charge >= 0.3 is 0 Å². The third-order valence-electron chi connectivity index (χ3n) is 3.82. The van der Waals surface area contributed by atoms with Crippen molar-refractivity contribution in [1.29, 1.82) is 0 Å². The summed E-state index contributed by atoms with van der Waals surface area (Å²) >= 11 is 3.39. The van der Waals surface area contributed by atoms with E-state index < -0.39 is 10.0 Å². The van der Waals surface area contributed by atoms with Gasteiger partial charge in [-0.1, -0.05) is 38.6 Å². The summed E-state index contributed by atoms with van der Waals surface area (Å²) in [6.07, 6.45) is 0.670. The molecule has 2 aromatic carbocycles. The molecule has 1 amide bonds. The lowest BCUT2D eigenvalue weighted by Gasteiger charge is -2.16. The van der Waals surface area contributed by atoms with Gasteiger partial charge in [0, 0.05) is 23.1 Å². The number of rotatable bonds is 7. The second-order valence-corrected chi connectivity index (χ2v) is 8.68. The molecule has 0 aliphatic heterocycles. The molecule has 0 bridgehead atoms. The van der Waals surface area contributed by atoms with Crippen molar-refractivity contribution in [3.63, 3.8) is 0 Å². The number of carbonyl (C=O) groups is 1. The van der Waals surface area contributed by atoms with Crippen molar-refractivity contribution < 1.29 is 18.0 Å². The molecule has 2 rings (SSSR count). The molecule has 1 unspecified atom stereocenters. The number of carbonyl (C=O) groups excluding carboxylic acids is 1. The van der Waals surface area contributed by atoms with Gasteiger partial charge in [-0.15, -0.1) is 0 Å². The Morgan fingerprint density at radius 3 is 2.50 bits per heavy atom. The summed E-state index contributed by atoms with van der Waals surface area (Å²) in [7, 11) is -1.24. The molecule has 0 saturated carbocycles. The van der Waals surface area contributed by atoms with Crippen molar-refractivity contribution in [3.05, 3.63) is 64.1 Å². The molecule has 0 radical (unpaired) electrons. The zero-order chi connectivity index (χ0) is 19.3. The fourth-order valence-electron chi connectivity index (χ4n) is 2.38. The highest BCUT2D eigenvalue weighted by Crippen LogP contribution is 2.16. The van der Waals surface area contributed by atoms with Crippen LogP contribution in [0, 0.1) is 0 Å². The van der Waals surface area contributed by atoms with Gasteiger partial charge in [0.25, 0.3) is 15.9 Å². The Labute approximate surface area is 162 Å². The van der Waals surface area contributed by atoms with Gasteiger partial charge in [-0.05, 0) is 49.2 Å². The van der Waals surface area contributed by atoms with E-state index in [2.05, 4.69) is 21.2 Å². The molecule has 1 atom stereocenters. The summed E-state index contributed by atoms with van der Waals surface area (Å²) in [6.45, 7) is 1.90. The average Bonchev–Trinajstić information content (AvgIpc) is 2.62. The van der Waals surface area contributed by atoms with Crippen molar-refractivity contribution in [2.45, 2.75) is 24.3 Å². The second kappa shape index (κ2) is 8.77. The number of nitrogens with one attached hydrogen (secondary N) is 1. The van der Waals surface area contributed by atoms with E-state index in [9.17, 15) is 13.2 Å². The lowest BCUT2D eigenvalue weighted by molar-refractivity contribution is -0.0258. The molecular weight excluding hydrogens is 420 g/mol. The Hall–Kier alpha value is -1.74. The summed E-state index contributed by atoms with van der Waals surface area (Å²) in [4.78, 5) is 17.2. The van der Waals surface area contributed by atoms with Crippen LogP contribution in [0.15, 0.2) is 57.9 Å². The zero-order valence-electron chi connectivity index (χ0n) is 14.8. The lowest BCUT2D eigenvalue weighted by atomic mass is 10.1. The van der Waals surface area contributed by atoms with E-state index in [1.165, 1.54) is 32.4 Å². The molecule has 8 heteroatoms. The maximum absolute atomic E-state index is 12.5. The summed E-state index contributed by atoms with van der Waals surface area (Å²) in [5, 5.41) is 2.89. The van der Waals surface area contributed by atoms with Crippen LogP contribution in [0.3, 0.4) is 0 Å². The molecule has 1 N–H and O–H groups in total. The van der Waals surface area contributed by atoms with E-state index in [4.69, 9.17) is 4.84 Å². The van der Waals surface area contributed by atoms with Gasteiger partial charge in [-0.3, -0.25) is 9.63 Å². The third kappa shape index (κ3) is 5.14. The molecule has 0 aliphatic rings. The Balaban J connectivity index is 2.10. The Morgan fingerprint density at radius 2 is 1.88 bits per heavy atom. The first-order chi connectivity index (χ1) is 12.2. The fraction of sp³-hybridized carbons (Fsp3) is 0.278. The minimum atomic E-state index is -3.80. The minimum Gasteiger partial charge on any atom is -0.349 e. The highest BCUT2D eigenvalue weighted by atomic mass is 79.9. The molecule has 0 fully saturated rings. The normalized spacial score (nSPS) is 12.8. The first-order valence-corrected chi connectivity index (χ1v) is 10.2. The van der Waals surface area contributed by atoms with Crippen molar-refractivity contribution >= 4 is 31.9 Å². The Kier molecular flexibility index (Phi) is 6.94. The van der Waals surface area contributed by atoms with Gasteiger partial charge in [0.1, 0.15) is 0 Å². The van der Waals surface area contributed by atoms with E-state index in [1.807, 2.05) is 31.2 Å². The number of halogens is 1. The highest BCUT2D eigenvalue weighted by Gasteiger charge is 2.22. The van der Waals surface area contributed by atoms with Crippen molar-refractivity contribution in [2.75, 3.05) is 14.2 Å². The SMILES string of the molecule is CON(C)S(=O)(=O)c1cccc(C(=O)NC(C)Cc2ccc(Br)cc2)c1. The van der Waals surface area contributed by atoms with E-state index in [0.717, 1.165) is 14.5 Å². The number of hydroxylamine groups is 1. The van der Waals surface area contributed by atoms with Gasteiger partial charge in [0.15, 0.2) is 0 Å². The number of benzene rings is 2. The zero-order valence-corrected chi connectivity index (χ0v) is 17.2. The predicted molar refractivity (Wildman–Crippen MR) is 103 cm³/mol. The maximum atomic E-state index is 12.5. The Bertz CT molecular complexity index is 869. The number of sulfonamides is 1. The number of hydrogen-bond donors (Lipinski definition) is 1. The number of amides is 1. The van der Waals surface area contributed by atoms with Gasteiger partial charge in [-0.2, -0.15) is 0 Å². The Morgan fingerprint density at radius 1 is 1.23 bits per heavy atom. The molecule has 0 aromatic heterocycles. The molecule has 140 valence electrons. The topological polar surface area (TPSA) is 75.7 Å². The van der Waals surface area contributed by atoms with E-state index >= 15 is 0 Å². The van der Waals surface area contributed by atoms with Crippen LogP contribution in [-0.2, 0) is 21.3 Å². The number of nitrogens with zero attached hydrogens (tertiary/aromatic N) is 1. The van der Waals surface area contributed by atoms with Crippen LogP contribution in [0.2, 0.25) is 0 Å². The quantitative estimate of drug-likeness (QED) is 0.671. The molecule has 6 nitrogen and oxygen atoms in total. The summed E-state index contributed by atoms with van der Waals surface area (Å²) in [5.41, 5.74) is 1.37. The number of hydrogen-bond acceptors (Lipinski definition) is 4. The van der Waals surface area contributed by atoms with Gasteiger partial charge in [0.05, 0.1) is 12.0 Å². The first-order valence-electron chi connectivity index (χ1n) is 7.92. The van der Waals surface area contributed by atoms with Gasteiger partial charge in [0.2, 0.25) is 0 Å². The molecular formula is C18H21BrN2O4S. The molecule has 0 aliphatic carbocycles. The van der Waals surface area contributed by atoms with Crippen molar-refractivity contribution in [3.8, 4) is 0 Å². The smallest absolute Gasteiger partial charge is 0.264 e. The first kappa shape index (κ1) is 20.6. The maximum Gasteiger partial charge on any atom is 0.264 e. The van der Waals surface area contributed by atoms with Gasteiger partial charge < -0.3 is 5.32 Å². The van der Waals surface area contributed by atoms with Crippen LogP contribution in [0.5, 0.6) is 0 Å². The standard InChI is InChI=1S/C18H21BrN2O4S/c1-13(11-14-7-9-16(19)10-8-14)20-18(22)15-5-4-6-17(12-15)26(23,24)21(2)25-3/h4-10,12-13H,11H2,1-3H3,(H,20,22). The average molecular weight is 441 g/mol. The minimum absolute atomic E-state index is 0.00457. The molecule has 2 aromatic rings. The monoisotopic (exact) mass is 440 g/mol. The van der Waals surface area contributed by atoms with Crippen LogP contribution in [0.1, 0.15) is 22.8 Å². The molecule has 0 saturated heterocycles. The van der Waals surface area contributed by atoms with Crippen molar-refractivity contribution in [2.24, 2.45) is 0 Å². The molecule has 0 heterocycles. The highest BCUT2D eigenvalue weighted by molar-refractivity contribution is 9.10. The summed E-state index contributed by atoms with van der Waals surface area (Å²) < 4.78 is 26.3. The van der Waals surface area contributed by atoms with E-state index in [1.54, 1.807) is 6.07 Å². The van der Waals surface area contributed by atoms with Crippen LogP contribution in [-0.4, -0.2) is 39.0 Å². The molecule has 0 spiro atoms. The van der Waals surface area contributed by atoms with Crippen LogP contribution >= 0.6 is 15.9 Å². The largest absolute Gasteiger partial charge is 0.349 e. The van der Waals surface area contributed by atoms with E-state index in [0.29, 0.717) is 6.42 Å². The van der Waals surface area contributed by atoms with E-state index in [-0.39, 0.29) is 22.4 Å².